The molecular weight excluding hydrogens is 302 g/mol. The third-order valence-electron chi connectivity index (χ3n) is 2.65. The lowest BCUT2D eigenvalue weighted by Gasteiger charge is -2.26. The maximum Gasteiger partial charge on any atom is 0.221 e. The molecule has 0 unspecified atom stereocenters. The first-order valence-corrected chi connectivity index (χ1v) is 6.88. The van der Waals surface area contributed by atoms with Crippen LogP contribution in [-0.4, -0.2) is 18.3 Å². The van der Waals surface area contributed by atoms with Gasteiger partial charge in [-0.05, 0) is 11.6 Å². The molecule has 1 rings (SSSR count). The summed E-state index contributed by atoms with van der Waals surface area (Å²) in [6, 6.07) is 8.06. The molecule has 0 bridgehead atoms. The minimum absolute atomic E-state index is 0.000119. The summed E-state index contributed by atoms with van der Waals surface area (Å²) in [4.78, 5) is 11.4. The van der Waals surface area contributed by atoms with E-state index in [0.29, 0.717) is 18.8 Å². The summed E-state index contributed by atoms with van der Waals surface area (Å²) in [7, 11) is 0. The molecule has 0 saturated heterocycles. The van der Waals surface area contributed by atoms with Crippen molar-refractivity contribution in [2.45, 2.75) is 25.7 Å². The molecule has 1 N–H and O–H groups in total. The highest BCUT2D eigenvalue weighted by Crippen LogP contribution is 2.29. The second kappa shape index (κ2) is 6.41. The Kier molecular flexibility index (Phi) is 5.47. The van der Waals surface area contributed by atoms with Crippen molar-refractivity contribution in [1.29, 1.82) is 0 Å². The van der Waals surface area contributed by atoms with Crippen LogP contribution in [0.25, 0.3) is 0 Å². The maximum atomic E-state index is 11.4. The van der Waals surface area contributed by atoms with Gasteiger partial charge in [-0.1, -0.05) is 48.0 Å². The lowest BCUT2D eigenvalue weighted by Crippen LogP contribution is -2.36. The quantitative estimate of drug-likeness (QED) is 0.828. The van der Waals surface area contributed by atoms with Crippen molar-refractivity contribution < 1.29 is 4.79 Å². The molecule has 17 heavy (non-hydrogen) atoms. The Bertz CT molecular complexity index is 393. The zero-order valence-corrected chi connectivity index (χ0v) is 12.4. The molecular formula is C13H17BrClNO. The van der Waals surface area contributed by atoms with Crippen molar-refractivity contribution in [2.24, 2.45) is 0 Å². The molecule has 0 aromatic heterocycles. The lowest BCUT2D eigenvalue weighted by molar-refractivity contribution is -0.120. The molecule has 0 saturated carbocycles. The Morgan fingerprint density at radius 2 is 2.06 bits per heavy atom. The summed E-state index contributed by atoms with van der Waals surface area (Å²) >= 11 is 9.06. The third kappa shape index (κ3) is 4.32. The van der Waals surface area contributed by atoms with Gasteiger partial charge in [0.2, 0.25) is 5.91 Å². The summed E-state index contributed by atoms with van der Waals surface area (Å²) < 4.78 is 1.07. The van der Waals surface area contributed by atoms with E-state index in [1.807, 2.05) is 18.2 Å². The summed E-state index contributed by atoms with van der Waals surface area (Å²) in [6.07, 6.45) is 0.369. The van der Waals surface area contributed by atoms with Gasteiger partial charge in [0.05, 0.1) is 0 Å². The van der Waals surface area contributed by atoms with Gasteiger partial charge >= 0.3 is 0 Å². The number of carbonyl (C=O) groups excluding carboxylic acids is 1. The summed E-state index contributed by atoms with van der Waals surface area (Å²) in [5.41, 5.74) is 1.08. The van der Waals surface area contributed by atoms with E-state index >= 15 is 0 Å². The van der Waals surface area contributed by atoms with Gasteiger partial charge in [-0.3, -0.25) is 4.79 Å². The first kappa shape index (κ1) is 14.5. The molecule has 1 aromatic rings. The van der Waals surface area contributed by atoms with Gasteiger partial charge in [0.25, 0.3) is 0 Å². The van der Waals surface area contributed by atoms with Gasteiger partial charge in [-0.25, -0.2) is 0 Å². The van der Waals surface area contributed by atoms with Crippen LogP contribution in [0.2, 0.25) is 0 Å². The van der Waals surface area contributed by atoms with Gasteiger partial charge in [0, 0.05) is 28.7 Å². The molecule has 0 atom stereocenters. The maximum absolute atomic E-state index is 11.4. The Morgan fingerprint density at radius 1 is 1.41 bits per heavy atom. The van der Waals surface area contributed by atoms with Gasteiger partial charge < -0.3 is 5.32 Å². The van der Waals surface area contributed by atoms with Crippen molar-refractivity contribution in [2.75, 3.05) is 12.4 Å². The fourth-order valence-corrected chi connectivity index (χ4v) is 2.59. The second-order valence-corrected chi connectivity index (χ2v) is 5.81. The molecule has 0 heterocycles. The largest absolute Gasteiger partial charge is 0.355 e. The van der Waals surface area contributed by atoms with Gasteiger partial charge in [-0.15, -0.1) is 11.6 Å². The van der Waals surface area contributed by atoms with Crippen LogP contribution >= 0.6 is 27.5 Å². The first-order valence-electron chi connectivity index (χ1n) is 5.55. The molecule has 4 heteroatoms. The standard InChI is InChI=1S/C13H17BrClNO/c1-13(2,9-16-12(17)7-8-15)10-5-3-4-6-11(10)14/h3-6H,7-9H2,1-2H3,(H,16,17). The molecule has 1 aromatic carbocycles. The summed E-state index contributed by atoms with van der Waals surface area (Å²) in [6.45, 7) is 4.81. The summed E-state index contributed by atoms with van der Waals surface area (Å²) in [5, 5.41) is 2.91. The molecule has 0 aliphatic heterocycles. The number of benzene rings is 1. The fourth-order valence-electron chi connectivity index (χ4n) is 1.60. The van der Waals surface area contributed by atoms with E-state index in [1.54, 1.807) is 0 Å². The number of hydrogen-bond donors (Lipinski definition) is 1. The number of hydrogen-bond acceptors (Lipinski definition) is 1. The number of carbonyl (C=O) groups is 1. The van der Waals surface area contributed by atoms with Crippen LogP contribution in [0.3, 0.4) is 0 Å². The molecule has 0 fully saturated rings. The molecule has 1 amide bonds. The van der Waals surface area contributed by atoms with Crippen LogP contribution in [0.1, 0.15) is 25.8 Å². The van der Waals surface area contributed by atoms with Crippen LogP contribution in [0.15, 0.2) is 28.7 Å². The topological polar surface area (TPSA) is 29.1 Å². The SMILES string of the molecule is CC(C)(CNC(=O)CCCl)c1ccccc1Br. The Balaban J connectivity index is 2.69. The van der Waals surface area contributed by atoms with Crippen LogP contribution in [-0.2, 0) is 10.2 Å². The van der Waals surface area contributed by atoms with Crippen LogP contribution in [0.4, 0.5) is 0 Å². The average Bonchev–Trinajstić information content (AvgIpc) is 2.27. The number of nitrogens with one attached hydrogen (secondary N) is 1. The van der Waals surface area contributed by atoms with E-state index in [1.165, 1.54) is 5.56 Å². The first-order chi connectivity index (χ1) is 7.97. The second-order valence-electron chi connectivity index (χ2n) is 4.58. The number of amides is 1. The molecule has 94 valence electrons. The molecule has 0 spiro atoms. The minimum atomic E-state index is -0.109. The number of halogens is 2. The molecule has 0 aliphatic carbocycles. The van der Waals surface area contributed by atoms with Crippen LogP contribution < -0.4 is 5.32 Å². The molecule has 0 radical (unpaired) electrons. The lowest BCUT2D eigenvalue weighted by atomic mass is 9.84. The number of alkyl halides is 1. The predicted octanol–water partition coefficient (Wildman–Crippen LogP) is 3.47. The Labute approximate surface area is 116 Å². The summed E-state index contributed by atoms with van der Waals surface area (Å²) in [5.74, 6) is 0.363. The highest BCUT2D eigenvalue weighted by molar-refractivity contribution is 9.10. The van der Waals surface area contributed by atoms with Gasteiger partial charge in [0.15, 0.2) is 0 Å². The smallest absolute Gasteiger partial charge is 0.221 e. The van der Waals surface area contributed by atoms with Crippen molar-refractivity contribution in [1.82, 2.24) is 5.32 Å². The van der Waals surface area contributed by atoms with Crippen LogP contribution in [0.5, 0.6) is 0 Å². The van der Waals surface area contributed by atoms with Gasteiger partial charge in [-0.2, -0.15) is 0 Å². The highest BCUT2D eigenvalue weighted by Gasteiger charge is 2.23. The minimum Gasteiger partial charge on any atom is -0.355 e. The highest BCUT2D eigenvalue weighted by atomic mass is 79.9. The van der Waals surface area contributed by atoms with Crippen molar-refractivity contribution in [3.63, 3.8) is 0 Å². The monoisotopic (exact) mass is 317 g/mol. The van der Waals surface area contributed by atoms with E-state index in [-0.39, 0.29) is 11.3 Å². The van der Waals surface area contributed by atoms with Crippen molar-refractivity contribution >= 4 is 33.4 Å². The van der Waals surface area contributed by atoms with Crippen molar-refractivity contribution in [3.05, 3.63) is 34.3 Å². The van der Waals surface area contributed by atoms with E-state index in [9.17, 15) is 4.79 Å². The molecule has 2 nitrogen and oxygen atoms in total. The van der Waals surface area contributed by atoms with Gasteiger partial charge in [0.1, 0.15) is 0 Å². The zero-order valence-electron chi connectivity index (χ0n) is 10.1. The average molecular weight is 319 g/mol. The van der Waals surface area contributed by atoms with Crippen molar-refractivity contribution in [3.8, 4) is 0 Å². The van der Waals surface area contributed by atoms with E-state index in [2.05, 4.69) is 41.2 Å². The molecule has 0 aliphatic rings. The van der Waals surface area contributed by atoms with Crippen LogP contribution in [0, 0.1) is 0 Å². The van der Waals surface area contributed by atoms with E-state index in [4.69, 9.17) is 11.6 Å². The third-order valence-corrected chi connectivity index (χ3v) is 3.53. The van der Waals surface area contributed by atoms with E-state index < -0.39 is 0 Å². The number of rotatable bonds is 5. The fraction of sp³-hybridized carbons (Fsp3) is 0.462. The van der Waals surface area contributed by atoms with E-state index in [0.717, 1.165) is 4.47 Å². The predicted molar refractivity (Wildman–Crippen MR) is 75.5 cm³/mol. The Morgan fingerprint density at radius 3 is 2.65 bits per heavy atom. The zero-order chi connectivity index (χ0) is 12.9. The normalized spacial score (nSPS) is 11.3. The Hall–Kier alpha value is -0.540.